The molecular weight excluding hydrogens is 418 g/mol. The zero-order chi connectivity index (χ0) is 23.0. The van der Waals surface area contributed by atoms with E-state index in [1.54, 1.807) is 4.90 Å². The highest BCUT2D eigenvalue weighted by Gasteiger charge is 2.40. The second kappa shape index (κ2) is 11.0. The van der Waals surface area contributed by atoms with Crippen LogP contribution in [0.25, 0.3) is 0 Å². The molecule has 2 aliphatic rings. The Morgan fingerprint density at radius 1 is 0.879 bits per heavy atom. The summed E-state index contributed by atoms with van der Waals surface area (Å²) in [6, 6.07) is 17.7. The first-order valence-corrected chi connectivity index (χ1v) is 11.7. The Bertz CT molecular complexity index is 945. The second-order valence-corrected chi connectivity index (χ2v) is 8.67. The molecule has 2 aromatic carbocycles. The maximum atomic E-state index is 13.6. The maximum absolute atomic E-state index is 13.6. The van der Waals surface area contributed by atoms with Crippen molar-refractivity contribution in [2.75, 3.05) is 19.6 Å². The summed E-state index contributed by atoms with van der Waals surface area (Å²) in [4.78, 5) is 42.7. The van der Waals surface area contributed by atoms with E-state index in [-0.39, 0.29) is 18.4 Å². The number of rotatable bonds is 7. The number of hydrogen-bond acceptors (Lipinski definition) is 4. The Kier molecular flexibility index (Phi) is 7.60. The monoisotopic (exact) mass is 449 g/mol. The van der Waals surface area contributed by atoms with E-state index in [0.717, 1.165) is 43.5 Å². The van der Waals surface area contributed by atoms with E-state index in [0.29, 0.717) is 19.4 Å². The first-order valence-electron chi connectivity index (χ1n) is 11.7. The summed E-state index contributed by atoms with van der Waals surface area (Å²) in [5.41, 5.74) is 1.80. The van der Waals surface area contributed by atoms with E-state index < -0.39 is 18.2 Å². The molecule has 4 rings (SSSR count). The van der Waals surface area contributed by atoms with Gasteiger partial charge in [0, 0.05) is 26.1 Å². The van der Waals surface area contributed by atoms with Gasteiger partial charge in [0.2, 0.25) is 11.8 Å². The first kappa shape index (κ1) is 22.8. The summed E-state index contributed by atoms with van der Waals surface area (Å²) < 4.78 is 5.37. The lowest BCUT2D eigenvalue weighted by Gasteiger charge is -2.31. The van der Waals surface area contributed by atoms with Crippen LogP contribution in [0.1, 0.15) is 36.8 Å². The Morgan fingerprint density at radius 2 is 1.52 bits per heavy atom. The van der Waals surface area contributed by atoms with Crippen LogP contribution in [0, 0.1) is 0 Å². The van der Waals surface area contributed by atoms with Gasteiger partial charge in [-0.05, 0) is 36.8 Å². The van der Waals surface area contributed by atoms with Crippen molar-refractivity contribution >= 4 is 17.9 Å². The minimum Gasteiger partial charge on any atom is -0.445 e. The largest absolute Gasteiger partial charge is 0.445 e. The fourth-order valence-electron chi connectivity index (χ4n) is 4.59. The number of ether oxygens (including phenoxy) is 1. The molecule has 0 saturated carbocycles. The fourth-order valence-corrected chi connectivity index (χ4v) is 4.59. The van der Waals surface area contributed by atoms with Crippen molar-refractivity contribution in [3.8, 4) is 0 Å². The number of carbonyl (C=O) groups excluding carboxylic acids is 3. The Morgan fingerprint density at radius 3 is 2.18 bits per heavy atom. The smallest absolute Gasteiger partial charge is 0.408 e. The molecule has 0 unspecified atom stereocenters. The van der Waals surface area contributed by atoms with Gasteiger partial charge in [-0.3, -0.25) is 9.59 Å². The van der Waals surface area contributed by atoms with Gasteiger partial charge in [-0.2, -0.15) is 0 Å². The van der Waals surface area contributed by atoms with Gasteiger partial charge in [-0.15, -0.1) is 0 Å². The minimum absolute atomic E-state index is 0.0310. The number of nitrogens with zero attached hydrogens (tertiary/aromatic N) is 2. The lowest BCUT2D eigenvalue weighted by Crippen LogP contribution is -2.54. The van der Waals surface area contributed by atoms with Crippen molar-refractivity contribution < 1.29 is 19.1 Å². The second-order valence-electron chi connectivity index (χ2n) is 8.67. The molecule has 7 nitrogen and oxygen atoms in total. The van der Waals surface area contributed by atoms with Gasteiger partial charge in [-0.1, -0.05) is 60.7 Å². The van der Waals surface area contributed by atoms with E-state index in [4.69, 9.17) is 4.74 Å². The number of carbonyl (C=O) groups is 3. The fraction of sp³-hybridized carbons (Fsp3) is 0.423. The van der Waals surface area contributed by atoms with Crippen LogP contribution in [0.5, 0.6) is 0 Å². The standard InChI is InChI=1S/C26H31N3O4/c30-24(29-17-9-14-23(29)25(31)28-15-7-8-16-28)22(18-20-10-3-1-4-11-20)27-26(32)33-19-21-12-5-2-6-13-21/h1-6,10-13,22-23H,7-9,14-19H2,(H,27,32)/t22-,23-/m0/s1. The van der Waals surface area contributed by atoms with Crippen molar-refractivity contribution in [1.29, 1.82) is 0 Å². The molecule has 0 bridgehead atoms. The molecule has 0 aromatic heterocycles. The van der Waals surface area contributed by atoms with Crippen LogP contribution in [0.3, 0.4) is 0 Å². The predicted octanol–water partition coefficient (Wildman–Crippen LogP) is 3.14. The van der Waals surface area contributed by atoms with E-state index in [1.807, 2.05) is 65.6 Å². The summed E-state index contributed by atoms with van der Waals surface area (Å²) in [6.07, 6.45) is 3.16. The van der Waals surface area contributed by atoms with Gasteiger partial charge in [0.25, 0.3) is 0 Å². The molecule has 7 heteroatoms. The average molecular weight is 450 g/mol. The molecule has 0 aliphatic carbocycles. The number of nitrogens with one attached hydrogen (secondary N) is 1. The third-order valence-electron chi connectivity index (χ3n) is 6.32. The van der Waals surface area contributed by atoms with E-state index in [2.05, 4.69) is 5.32 Å². The quantitative estimate of drug-likeness (QED) is 0.704. The molecule has 2 fully saturated rings. The van der Waals surface area contributed by atoms with E-state index >= 15 is 0 Å². The maximum Gasteiger partial charge on any atom is 0.408 e. The van der Waals surface area contributed by atoms with Gasteiger partial charge in [-0.25, -0.2) is 4.79 Å². The van der Waals surface area contributed by atoms with Crippen LogP contribution in [0.4, 0.5) is 4.79 Å². The SMILES string of the molecule is O=C(N[C@@H](Cc1ccccc1)C(=O)N1CCC[C@H]1C(=O)N1CCCC1)OCc1ccccc1. The molecule has 0 spiro atoms. The molecule has 2 aromatic rings. The average Bonchev–Trinajstić information content (AvgIpc) is 3.55. The van der Waals surface area contributed by atoms with Gasteiger partial charge in [0.1, 0.15) is 18.7 Å². The molecular formula is C26H31N3O4. The van der Waals surface area contributed by atoms with Crippen LogP contribution in [-0.4, -0.2) is 59.4 Å². The van der Waals surface area contributed by atoms with Crippen LogP contribution >= 0.6 is 0 Å². The Balaban J connectivity index is 1.45. The summed E-state index contributed by atoms with van der Waals surface area (Å²) in [5.74, 6) is -0.200. The molecule has 1 N–H and O–H groups in total. The van der Waals surface area contributed by atoms with Crippen molar-refractivity contribution in [2.45, 2.75) is 50.8 Å². The number of hydrogen-bond donors (Lipinski definition) is 1. The van der Waals surface area contributed by atoms with Gasteiger partial charge >= 0.3 is 6.09 Å². The summed E-state index contributed by atoms with van der Waals surface area (Å²) >= 11 is 0. The summed E-state index contributed by atoms with van der Waals surface area (Å²) in [6.45, 7) is 2.16. The first-order chi connectivity index (χ1) is 16.1. The molecule has 2 saturated heterocycles. The van der Waals surface area contributed by atoms with Crippen LogP contribution in [0.15, 0.2) is 60.7 Å². The molecule has 2 aliphatic heterocycles. The van der Waals surface area contributed by atoms with Gasteiger partial charge in [0.15, 0.2) is 0 Å². The highest BCUT2D eigenvalue weighted by Crippen LogP contribution is 2.23. The number of amides is 3. The molecule has 2 heterocycles. The van der Waals surface area contributed by atoms with Crippen molar-refractivity contribution in [3.63, 3.8) is 0 Å². The van der Waals surface area contributed by atoms with Crippen LogP contribution in [0.2, 0.25) is 0 Å². The van der Waals surface area contributed by atoms with E-state index in [9.17, 15) is 14.4 Å². The number of likely N-dealkylation sites (tertiary alicyclic amines) is 2. The van der Waals surface area contributed by atoms with Crippen molar-refractivity contribution in [3.05, 3.63) is 71.8 Å². The predicted molar refractivity (Wildman–Crippen MR) is 124 cm³/mol. The zero-order valence-corrected chi connectivity index (χ0v) is 18.8. The van der Waals surface area contributed by atoms with Crippen molar-refractivity contribution in [2.24, 2.45) is 0 Å². The molecule has 0 radical (unpaired) electrons. The van der Waals surface area contributed by atoms with Gasteiger partial charge in [0.05, 0.1) is 0 Å². The molecule has 33 heavy (non-hydrogen) atoms. The van der Waals surface area contributed by atoms with Crippen LogP contribution < -0.4 is 5.32 Å². The molecule has 174 valence electrons. The zero-order valence-electron chi connectivity index (χ0n) is 18.8. The summed E-state index contributed by atoms with van der Waals surface area (Å²) in [5, 5.41) is 2.76. The third-order valence-corrected chi connectivity index (χ3v) is 6.32. The van der Waals surface area contributed by atoms with Crippen LogP contribution in [-0.2, 0) is 27.4 Å². The number of alkyl carbamates (subject to hydrolysis) is 1. The Labute approximate surface area is 194 Å². The molecule has 3 amide bonds. The number of benzene rings is 2. The van der Waals surface area contributed by atoms with E-state index in [1.165, 1.54) is 0 Å². The lowest BCUT2D eigenvalue weighted by molar-refractivity contribution is -0.144. The summed E-state index contributed by atoms with van der Waals surface area (Å²) in [7, 11) is 0. The molecule has 2 atom stereocenters. The normalized spacial score (nSPS) is 18.7. The minimum atomic E-state index is -0.803. The highest BCUT2D eigenvalue weighted by atomic mass is 16.5. The lowest BCUT2D eigenvalue weighted by atomic mass is 10.0. The van der Waals surface area contributed by atoms with Crippen molar-refractivity contribution in [1.82, 2.24) is 15.1 Å². The Hall–Kier alpha value is -3.35. The topological polar surface area (TPSA) is 79.0 Å². The van der Waals surface area contributed by atoms with Gasteiger partial charge < -0.3 is 19.9 Å². The highest BCUT2D eigenvalue weighted by molar-refractivity contribution is 5.92. The third kappa shape index (κ3) is 5.92.